The third-order valence-corrected chi connectivity index (χ3v) is 6.67. The number of carbonyl (C=O) groups excluding carboxylic acids is 1. The van der Waals surface area contributed by atoms with Crippen molar-refractivity contribution in [3.05, 3.63) is 92.3 Å². The standard InChI is InChI=1S/C26H19Cl2FN4O4/c27-15-5-1-13(2-6-15)20-12-19(32-33(20)26(37)18(29)11-21(34)35)23-22(14-3-7-16(28)8-4-14)17-9-10-30-24(17)31-25(23)36/h1-10,18,20H,11-12H2,(H,34,35)(H2,30,31,36)/t18?,20-/m0/s1. The maximum atomic E-state index is 14.7. The van der Waals surface area contributed by atoms with Crippen molar-refractivity contribution in [1.82, 2.24) is 15.0 Å². The quantitative estimate of drug-likeness (QED) is 0.306. The molecular weight excluding hydrogens is 522 g/mol. The van der Waals surface area contributed by atoms with Gasteiger partial charge in [-0.15, -0.1) is 0 Å². The molecule has 2 aromatic carbocycles. The van der Waals surface area contributed by atoms with Crippen molar-refractivity contribution < 1.29 is 19.1 Å². The van der Waals surface area contributed by atoms with E-state index in [1.807, 2.05) is 0 Å². The van der Waals surface area contributed by atoms with Gasteiger partial charge in [0.1, 0.15) is 5.65 Å². The Morgan fingerprint density at radius 2 is 1.70 bits per heavy atom. The van der Waals surface area contributed by atoms with Crippen LogP contribution in [0.15, 0.2) is 70.7 Å². The fourth-order valence-corrected chi connectivity index (χ4v) is 4.74. The van der Waals surface area contributed by atoms with Crippen molar-refractivity contribution in [3.8, 4) is 11.1 Å². The lowest BCUT2D eigenvalue weighted by Crippen LogP contribution is -2.35. The van der Waals surface area contributed by atoms with E-state index >= 15 is 0 Å². The second kappa shape index (κ2) is 9.84. The molecule has 188 valence electrons. The van der Waals surface area contributed by atoms with Gasteiger partial charge < -0.3 is 15.1 Å². The zero-order valence-electron chi connectivity index (χ0n) is 19.0. The summed E-state index contributed by atoms with van der Waals surface area (Å²) >= 11 is 12.1. The summed E-state index contributed by atoms with van der Waals surface area (Å²) in [5.41, 5.74) is 2.39. The van der Waals surface area contributed by atoms with Gasteiger partial charge in [-0.3, -0.25) is 14.4 Å². The van der Waals surface area contributed by atoms with E-state index < -0.39 is 36.1 Å². The number of pyridine rings is 1. The predicted molar refractivity (Wildman–Crippen MR) is 139 cm³/mol. The number of fused-ring (bicyclic) bond motifs is 1. The maximum absolute atomic E-state index is 14.7. The molecule has 1 unspecified atom stereocenters. The van der Waals surface area contributed by atoms with E-state index in [2.05, 4.69) is 15.1 Å². The van der Waals surface area contributed by atoms with Crippen LogP contribution in [0.1, 0.15) is 30.0 Å². The van der Waals surface area contributed by atoms with Crippen molar-refractivity contribution in [2.75, 3.05) is 0 Å². The fraction of sp³-hybridized carbons (Fsp3) is 0.154. The van der Waals surface area contributed by atoms with Gasteiger partial charge in [0, 0.05) is 33.6 Å². The molecule has 0 radical (unpaired) electrons. The molecule has 1 aliphatic rings. The van der Waals surface area contributed by atoms with Gasteiger partial charge >= 0.3 is 5.97 Å². The summed E-state index contributed by atoms with van der Waals surface area (Å²) in [5.74, 6) is -2.56. The zero-order chi connectivity index (χ0) is 26.3. The first-order chi connectivity index (χ1) is 17.7. The van der Waals surface area contributed by atoms with E-state index in [-0.39, 0.29) is 17.7 Å². The molecule has 1 amide bonds. The first-order valence-electron chi connectivity index (χ1n) is 11.2. The lowest BCUT2D eigenvalue weighted by Gasteiger charge is -2.23. The highest BCUT2D eigenvalue weighted by Gasteiger charge is 2.39. The lowest BCUT2D eigenvalue weighted by molar-refractivity contribution is -0.146. The van der Waals surface area contributed by atoms with Gasteiger partial charge in [0.2, 0.25) is 0 Å². The number of halogens is 3. The normalized spacial score (nSPS) is 16.1. The lowest BCUT2D eigenvalue weighted by atomic mass is 9.92. The van der Waals surface area contributed by atoms with Crippen molar-refractivity contribution in [3.63, 3.8) is 0 Å². The van der Waals surface area contributed by atoms with E-state index in [9.17, 15) is 18.8 Å². The summed E-state index contributed by atoms with van der Waals surface area (Å²) in [7, 11) is 0. The summed E-state index contributed by atoms with van der Waals surface area (Å²) in [4.78, 5) is 43.2. The van der Waals surface area contributed by atoms with E-state index in [0.717, 1.165) is 5.01 Å². The first-order valence-corrected chi connectivity index (χ1v) is 12.0. The zero-order valence-corrected chi connectivity index (χ0v) is 20.6. The maximum Gasteiger partial charge on any atom is 0.306 e. The number of rotatable bonds is 6. The van der Waals surface area contributed by atoms with E-state index in [1.165, 1.54) is 0 Å². The molecule has 37 heavy (non-hydrogen) atoms. The highest BCUT2D eigenvalue weighted by Crippen LogP contribution is 2.37. The number of nitrogens with zero attached hydrogens (tertiary/aromatic N) is 2. The van der Waals surface area contributed by atoms with E-state index in [1.54, 1.807) is 60.8 Å². The van der Waals surface area contributed by atoms with Crippen LogP contribution in [-0.2, 0) is 9.59 Å². The van der Waals surface area contributed by atoms with Gasteiger partial charge in [0.25, 0.3) is 11.5 Å². The second-order valence-electron chi connectivity index (χ2n) is 8.54. The molecule has 11 heteroatoms. The number of benzene rings is 2. The summed E-state index contributed by atoms with van der Waals surface area (Å²) in [6.07, 6.45) is -1.53. The van der Waals surface area contributed by atoms with Gasteiger partial charge in [0.15, 0.2) is 6.17 Å². The fourth-order valence-electron chi connectivity index (χ4n) is 4.49. The van der Waals surface area contributed by atoms with Crippen LogP contribution in [0.25, 0.3) is 22.2 Å². The van der Waals surface area contributed by atoms with Crippen LogP contribution in [0.5, 0.6) is 0 Å². The Bertz CT molecular complexity index is 1600. The average molecular weight is 541 g/mol. The topological polar surface area (TPSA) is 119 Å². The molecule has 0 saturated carbocycles. The van der Waals surface area contributed by atoms with Crippen molar-refractivity contribution in [2.45, 2.75) is 25.1 Å². The summed E-state index contributed by atoms with van der Waals surface area (Å²) in [5, 5.41) is 16.0. The monoisotopic (exact) mass is 540 g/mol. The van der Waals surface area contributed by atoms with Crippen LogP contribution in [0.3, 0.4) is 0 Å². The number of hydrazone groups is 1. The SMILES string of the molecule is O=C(O)CC(F)C(=O)N1N=C(c2c(-c3ccc(Cl)cc3)c3cc[nH]c3[nH]c2=O)C[C@H]1c1ccc(Cl)cc1. The minimum absolute atomic E-state index is 0.0900. The van der Waals surface area contributed by atoms with Crippen molar-refractivity contribution in [1.29, 1.82) is 0 Å². The number of carboxylic acids is 1. The van der Waals surface area contributed by atoms with Gasteiger partial charge in [-0.05, 0) is 41.5 Å². The smallest absolute Gasteiger partial charge is 0.306 e. The molecule has 3 N–H and O–H groups in total. The summed E-state index contributed by atoms with van der Waals surface area (Å²) in [6, 6.07) is 14.6. The van der Waals surface area contributed by atoms with Crippen LogP contribution < -0.4 is 5.56 Å². The molecule has 4 aromatic rings. The number of nitrogens with one attached hydrogen (secondary N) is 2. The van der Waals surface area contributed by atoms with Gasteiger partial charge in [0.05, 0.1) is 23.7 Å². The largest absolute Gasteiger partial charge is 0.481 e. The molecule has 0 saturated heterocycles. The molecule has 0 spiro atoms. The number of carbonyl (C=O) groups is 2. The molecule has 0 bridgehead atoms. The number of aliphatic carboxylic acids is 1. The van der Waals surface area contributed by atoms with E-state index in [0.29, 0.717) is 37.8 Å². The van der Waals surface area contributed by atoms with Crippen LogP contribution in [0.2, 0.25) is 10.0 Å². The van der Waals surface area contributed by atoms with Crippen LogP contribution in [0.4, 0.5) is 4.39 Å². The molecule has 2 aromatic heterocycles. The predicted octanol–water partition coefficient (Wildman–Crippen LogP) is 5.32. The highest BCUT2D eigenvalue weighted by atomic mass is 35.5. The Morgan fingerprint density at radius 1 is 1.05 bits per heavy atom. The van der Waals surface area contributed by atoms with Crippen LogP contribution in [0, 0.1) is 0 Å². The Morgan fingerprint density at radius 3 is 2.35 bits per heavy atom. The molecule has 8 nitrogen and oxygen atoms in total. The van der Waals surface area contributed by atoms with Crippen molar-refractivity contribution >= 4 is 51.8 Å². The molecule has 3 heterocycles. The first kappa shape index (κ1) is 24.7. The number of aromatic amines is 2. The summed E-state index contributed by atoms with van der Waals surface area (Å²) in [6.45, 7) is 0. The van der Waals surface area contributed by atoms with E-state index in [4.69, 9.17) is 28.3 Å². The number of carboxylic acid groups (broad SMARTS) is 1. The third-order valence-electron chi connectivity index (χ3n) is 6.17. The Labute approximate surface area is 219 Å². The molecule has 1 aliphatic heterocycles. The number of aromatic nitrogens is 2. The van der Waals surface area contributed by atoms with Crippen LogP contribution >= 0.6 is 23.2 Å². The number of H-pyrrole nitrogens is 2. The second-order valence-corrected chi connectivity index (χ2v) is 9.42. The average Bonchev–Trinajstić information content (AvgIpc) is 3.50. The van der Waals surface area contributed by atoms with Gasteiger partial charge in [-0.2, -0.15) is 5.10 Å². The molecule has 0 aliphatic carbocycles. The highest BCUT2D eigenvalue weighted by molar-refractivity contribution is 6.31. The summed E-state index contributed by atoms with van der Waals surface area (Å²) < 4.78 is 14.7. The number of amides is 1. The minimum Gasteiger partial charge on any atom is -0.481 e. The molecule has 5 rings (SSSR count). The van der Waals surface area contributed by atoms with Crippen LogP contribution in [-0.4, -0.2) is 43.8 Å². The number of hydrogen-bond donors (Lipinski definition) is 3. The number of hydrogen-bond acceptors (Lipinski definition) is 4. The Balaban J connectivity index is 1.68. The Hall–Kier alpha value is -3.95. The third kappa shape index (κ3) is 4.75. The van der Waals surface area contributed by atoms with Gasteiger partial charge in [-0.1, -0.05) is 47.5 Å². The molecule has 0 fully saturated rings. The number of alkyl halides is 1. The van der Waals surface area contributed by atoms with Crippen molar-refractivity contribution in [2.24, 2.45) is 5.10 Å². The Kier molecular flexibility index (Phi) is 6.57. The minimum atomic E-state index is -2.31. The molecular formula is C26H19Cl2FN4O4. The molecule has 2 atom stereocenters. The van der Waals surface area contributed by atoms with Gasteiger partial charge in [-0.25, -0.2) is 9.40 Å².